The quantitative estimate of drug-likeness (QED) is 0.764. The third-order valence-electron chi connectivity index (χ3n) is 5.69. The third kappa shape index (κ3) is 4.47. The number of hydrogen-bond acceptors (Lipinski definition) is 4. The SMILES string of the molecule is CC(C)S(=O)(=O)CC1CCC(C2=CC(c3ccc(F)c(C#N)c3)=NC2)CC1. The van der Waals surface area contributed by atoms with E-state index in [1.54, 1.807) is 26.0 Å². The van der Waals surface area contributed by atoms with Gasteiger partial charge in [0, 0.05) is 5.56 Å². The number of benzene rings is 1. The van der Waals surface area contributed by atoms with Crippen LogP contribution in [0.25, 0.3) is 0 Å². The van der Waals surface area contributed by atoms with Crippen molar-refractivity contribution in [1.29, 1.82) is 5.26 Å². The van der Waals surface area contributed by atoms with E-state index in [2.05, 4.69) is 11.1 Å². The minimum absolute atomic E-state index is 0.0314. The van der Waals surface area contributed by atoms with Gasteiger partial charge in [-0.05, 0) is 81.2 Å². The van der Waals surface area contributed by atoms with E-state index < -0.39 is 15.7 Å². The number of sulfone groups is 1. The summed E-state index contributed by atoms with van der Waals surface area (Å²) in [7, 11) is -2.98. The van der Waals surface area contributed by atoms with Gasteiger partial charge >= 0.3 is 0 Å². The minimum Gasteiger partial charge on any atom is -0.280 e. The summed E-state index contributed by atoms with van der Waals surface area (Å²) in [5.74, 6) is 0.468. The van der Waals surface area contributed by atoms with Crippen LogP contribution in [0, 0.1) is 29.0 Å². The van der Waals surface area contributed by atoms with Crippen LogP contribution in [0.2, 0.25) is 0 Å². The predicted molar refractivity (Wildman–Crippen MR) is 105 cm³/mol. The first kappa shape index (κ1) is 19.8. The maximum absolute atomic E-state index is 13.5. The summed E-state index contributed by atoms with van der Waals surface area (Å²) < 4.78 is 37.8. The Morgan fingerprint density at radius 3 is 2.59 bits per heavy atom. The Hall–Kier alpha value is -2.00. The summed E-state index contributed by atoms with van der Waals surface area (Å²) >= 11 is 0. The molecule has 3 rings (SSSR count). The Morgan fingerprint density at radius 2 is 1.96 bits per heavy atom. The highest BCUT2D eigenvalue weighted by molar-refractivity contribution is 7.91. The topological polar surface area (TPSA) is 70.3 Å². The maximum atomic E-state index is 13.5. The van der Waals surface area contributed by atoms with Gasteiger partial charge < -0.3 is 0 Å². The van der Waals surface area contributed by atoms with Crippen molar-refractivity contribution in [3.05, 3.63) is 46.8 Å². The van der Waals surface area contributed by atoms with Crippen molar-refractivity contribution in [2.75, 3.05) is 12.3 Å². The lowest BCUT2D eigenvalue weighted by atomic mass is 9.79. The van der Waals surface area contributed by atoms with E-state index in [0.717, 1.165) is 37.0 Å². The monoisotopic (exact) mass is 388 g/mol. The van der Waals surface area contributed by atoms with E-state index in [-0.39, 0.29) is 16.7 Å². The van der Waals surface area contributed by atoms with Crippen LogP contribution in [0.1, 0.15) is 50.7 Å². The Balaban J connectivity index is 1.62. The second-order valence-corrected chi connectivity index (χ2v) is 10.4. The van der Waals surface area contributed by atoms with Gasteiger partial charge in [-0.2, -0.15) is 5.26 Å². The van der Waals surface area contributed by atoms with Crippen LogP contribution in [0.5, 0.6) is 0 Å². The fourth-order valence-electron chi connectivity index (χ4n) is 3.86. The summed E-state index contributed by atoms with van der Waals surface area (Å²) in [4.78, 5) is 4.57. The van der Waals surface area contributed by atoms with E-state index in [1.165, 1.54) is 11.6 Å². The van der Waals surface area contributed by atoms with Crippen LogP contribution in [0.15, 0.2) is 34.8 Å². The highest BCUT2D eigenvalue weighted by Crippen LogP contribution is 2.36. The molecule has 0 radical (unpaired) electrons. The lowest BCUT2D eigenvalue weighted by Gasteiger charge is -2.29. The molecule has 1 aliphatic carbocycles. The Morgan fingerprint density at radius 1 is 1.26 bits per heavy atom. The Kier molecular flexibility index (Phi) is 5.81. The van der Waals surface area contributed by atoms with Crippen LogP contribution in [-0.2, 0) is 9.84 Å². The fraction of sp³-hybridized carbons (Fsp3) is 0.524. The molecule has 0 N–H and O–H groups in total. The predicted octanol–water partition coefficient (Wildman–Crippen LogP) is 4.06. The molecule has 2 aliphatic rings. The zero-order valence-electron chi connectivity index (χ0n) is 15.8. The molecule has 0 amide bonds. The van der Waals surface area contributed by atoms with Crippen molar-refractivity contribution >= 4 is 15.5 Å². The normalized spacial score (nSPS) is 23.1. The molecular weight excluding hydrogens is 363 g/mol. The summed E-state index contributed by atoms with van der Waals surface area (Å²) in [6.45, 7) is 4.13. The molecule has 1 aromatic rings. The summed E-state index contributed by atoms with van der Waals surface area (Å²) in [6.07, 6.45) is 5.89. The van der Waals surface area contributed by atoms with Crippen molar-refractivity contribution in [2.45, 2.75) is 44.8 Å². The fourth-order valence-corrected chi connectivity index (χ4v) is 5.23. The zero-order valence-corrected chi connectivity index (χ0v) is 16.6. The standard InChI is InChI=1S/C21H25FN2O2S/c1-14(2)27(25,26)13-15-3-5-16(6-4-15)19-10-21(24-12-19)17-7-8-20(22)18(9-17)11-23/h7-10,14-16H,3-6,12-13H2,1-2H3. The molecule has 4 nitrogen and oxygen atoms in total. The van der Waals surface area contributed by atoms with Gasteiger partial charge in [0.1, 0.15) is 11.9 Å². The Bertz CT molecular complexity index is 918. The minimum atomic E-state index is -2.98. The molecule has 1 aliphatic heterocycles. The van der Waals surface area contributed by atoms with E-state index in [9.17, 15) is 12.8 Å². The third-order valence-corrected chi connectivity index (χ3v) is 8.07. The second-order valence-electron chi connectivity index (χ2n) is 7.82. The van der Waals surface area contributed by atoms with Gasteiger partial charge in [0.15, 0.2) is 9.84 Å². The van der Waals surface area contributed by atoms with Crippen molar-refractivity contribution in [3.63, 3.8) is 0 Å². The molecule has 27 heavy (non-hydrogen) atoms. The number of hydrogen-bond donors (Lipinski definition) is 0. The van der Waals surface area contributed by atoms with Crippen molar-refractivity contribution < 1.29 is 12.8 Å². The molecule has 1 aromatic carbocycles. The molecule has 144 valence electrons. The zero-order chi connectivity index (χ0) is 19.6. The van der Waals surface area contributed by atoms with Gasteiger partial charge in [-0.25, -0.2) is 12.8 Å². The lowest BCUT2D eigenvalue weighted by molar-refractivity contribution is 0.320. The number of allylic oxidation sites excluding steroid dienone is 1. The first-order valence-electron chi connectivity index (χ1n) is 9.46. The molecule has 1 saturated carbocycles. The van der Waals surface area contributed by atoms with Gasteiger partial charge in [-0.3, -0.25) is 4.99 Å². The smallest absolute Gasteiger partial charge is 0.152 e. The molecule has 1 heterocycles. The van der Waals surface area contributed by atoms with Gasteiger partial charge in [-0.15, -0.1) is 0 Å². The first-order valence-corrected chi connectivity index (χ1v) is 11.2. The molecule has 1 fully saturated rings. The molecule has 0 saturated heterocycles. The van der Waals surface area contributed by atoms with Gasteiger partial charge in [0.25, 0.3) is 0 Å². The second kappa shape index (κ2) is 7.93. The molecule has 0 aromatic heterocycles. The number of rotatable bonds is 5. The van der Waals surface area contributed by atoms with Crippen LogP contribution in [0.4, 0.5) is 4.39 Å². The first-order chi connectivity index (χ1) is 12.8. The number of nitrogens with zero attached hydrogens (tertiary/aromatic N) is 2. The lowest BCUT2D eigenvalue weighted by Crippen LogP contribution is -2.27. The molecule has 0 atom stereocenters. The average Bonchev–Trinajstić information content (AvgIpc) is 3.12. The van der Waals surface area contributed by atoms with Crippen LogP contribution < -0.4 is 0 Å². The van der Waals surface area contributed by atoms with Crippen molar-refractivity contribution in [1.82, 2.24) is 0 Å². The van der Waals surface area contributed by atoms with Crippen molar-refractivity contribution in [3.8, 4) is 6.07 Å². The number of aliphatic imine (C=N–C) groups is 1. The summed E-state index contributed by atoms with van der Waals surface area (Å²) in [6, 6.07) is 6.37. The number of nitriles is 1. The Labute approximate surface area is 160 Å². The molecule has 0 unspecified atom stereocenters. The van der Waals surface area contributed by atoms with Crippen LogP contribution in [-0.4, -0.2) is 31.7 Å². The van der Waals surface area contributed by atoms with Crippen molar-refractivity contribution in [2.24, 2.45) is 16.8 Å². The average molecular weight is 389 g/mol. The molecular formula is C21H25FN2O2S. The van der Waals surface area contributed by atoms with E-state index in [4.69, 9.17) is 5.26 Å². The molecule has 0 bridgehead atoms. The van der Waals surface area contributed by atoms with Crippen LogP contribution in [0.3, 0.4) is 0 Å². The van der Waals surface area contributed by atoms with Gasteiger partial charge in [0.2, 0.25) is 0 Å². The van der Waals surface area contributed by atoms with Crippen LogP contribution >= 0.6 is 0 Å². The molecule has 6 heteroatoms. The summed E-state index contributed by atoms with van der Waals surface area (Å²) in [5, 5.41) is 8.69. The van der Waals surface area contributed by atoms with E-state index in [1.807, 2.05) is 6.07 Å². The summed E-state index contributed by atoms with van der Waals surface area (Å²) in [5.41, 5.74) is 2.85. The molecule has 0 spiro atoms. The van der Waals surface area contributed by atoms with E-state index >= 15 is 0 Å². The maximum Gasteiger partial charge on any atom is 0.152 e. The highest BCUT2D eigenvalue weighted by atomic mass is 32.2. The van der Waals surface area contributed by atoms with Gasteiger partial charge in [-0.1, -0.05) is 0 Å². The highest BCUT2D eigenvalue weighted by Gasteiger charge is 2.29. The van der Waals surface area contributed by atoms with E-state index in [0.29, 0.717) is 18.2 Å². The number of halogens is 1. The largest absolute Gasteiger partial charge is 0.280 e. The van der Waals surface area contributed by atoms with Gasteiger partial charge in [0.05, 0.1) is 28.8 Å².